The van der Waals surface area contributed by atoms with Crippen molar-refractivity contribution in [1.29, 1.82) is 0 Å². The maximum Gasteiger partial charge on any atom is 0.309 e. The molecule has 0 bridgehead atoms. The summed E-state index contributed by atoms with van der Waals surface area (Å²) in [5.74, 6) is -1.01. The van der Waals surface area contributed by atoms with Crippen molar-refractivity contribution < 1.29 is 28.6 Å². The highest BCUT2D eigenvalue weighted by Crippen LogP contribution is 2.18. The second-order valence-electron chi connectivity index (χ2n) is 21.0. The molecule has 0 aromatic heterocycles. The zero-order chi connectivity index (χ0) is 52.2. The average Bonchev–Trinajstić information content (AvgIpc) is 3.38. The highest BCUT2D eigenvalue weighted by molar-refractivity contribution is 5.72. The zero-order valence-corrected chi connectivity index (χ0v) is 47.9. The number of rotatable bonds is 57. The van der Waals surface area contributed by atoms with Crippen molar-refractivity contribution in [3.63, 3.8) is 0 Å². The van der Waals surface area contributed by atoms with Crippen molar-refractivity contribution in [3.8, 4) is 0 Å². The maximum absolute atomic E-state index is 12.9. The first-order valence-corrected chi connectivity index (χ1v) is 31.3. The van der Waals surface area contributed by atoms with Gasteiger partial charge in [0, 0.05) is 12.8 Å². The summed E-state index contributed by atoms with van der Waals surface area (Å²) in [7, 11) is 0. The fourth-order valence-electron chi connectivity index (χ4n) is 9.17. The Morgan fingerprint density at radius 2 is 0.542 bits per heavy atom. The number of unbranched alkanes of at least 4 members (excludes halogenated alkanes) is 37. The summed E-state index contributed by atoms with van der Waals surface area (Å²) in [5, 5.41) is 0. The summed E-state index contributed by atoms with van der Waals surface area (Å²) in [4.78, 5) is 38.2. The van der Waals surface area contributed by atoms with Crippen LogP contribution in [0.25, 0.3) is 0 Å². The lowest BCUT2D eigenvalue weighted by Gasteiger charge is -2.18. The van der Waals surface area contributed by atoms with Crippen molar-refractivity contribution in [2.24, 2.45) is 0 Å². The van der Waals surface area contributed by atoms with Gasteiger partial charge in [0.25, 0.3) is 0 Å². The van der Waals surface area contributed by atoms with Crippen LogP contribution in [-0.2, 0) is 28.6 Å². The van der Waals surface area contributed by atoms with Gasteiger partial charge >= 0.3 is 17.9 Å². The Morgan fingerprint density at radius 3 is 0.847 bits per heavy atom. The summed E-state index contributed by atoms with van der Waals surface area (Å²) in [6.07, 6.45) is 76.8. The number of esters is 3. The van der Waals surface area contributed by atoms with Crippen LogP contribution in [-0.4, -0.2) is 37.2 Å². The van der Waals surface area contributed by atoms with E-state index in [9.17, 15) is 14.4 Å². The molecule has 72 heavy (non-hydrogen) atoms. The number of hydrogen-bond donors (Lipinski definition) is 0. The lowest BCUT2D eigenvalue weighted by atomic mass is 10.0. The Bertz CT molecular complexity index is 1290. The largest absolute Gasteiger partial charge is 0.462 e. The maximum atomic E-state index is 12.9. The number of carbonyl (C=O) groups excluding carboxylic acids is 3. The van der Waals surface area contributed by atoms with E-state index in [1.54, 1.807) is 6.08 Å². The lowest BCUT2D eigenvalue weighted by molar-refractivity contribution is -0.166. The Labute approximate surface area is 447 Å². The van der Waals surface area contributed by atoms with E-state index in [0.29, 0.717) is 12.8 Å². The second kappa shape index (κ2) is 60.7. The van der Waals surface area contributed by atoms with Crippen LogP contribution in [0, 0.1) is 0 Å². The van der Waals surface area contributed by atoms with Crippen LogP contribution in [0.2, 0.25) is 0 Å². The smallest absolute Gasteiger partial charge is 0.309 e. The van der Waals surface area contributed by atoms with Gasteiger partial charge in [0.05, 0.1) is 6.42 Å². The molecular weight excluding hydrogens is 889 g/mol. The van der Waals surface area contributed by atoms with Crippen LogP contribution in [0.5, 0.6) is 0 Å². The van der Waals surface area contributed by atoms with Crippen molar-refractivity contribution in [3.05, 3.63) is 60.8 Å². The quantitative estimate of drug-likeness (QED) is 0.0261. The molecule has 0 aliphatic heterocycles. The van der Waals surface area contributed by atoms with Crippen LogP contribution in [0.4, 0.5) is 0 Å². The molecule has 0 heterocycles. The molecule has 0 spiro atoms. The molecular formula is C66H118O6. The van der Waals surface area contributed by atoms with Gasteiger partial charge in [0.1, 0.15) is 13.2 Å². The average molecular weight is 1010 g/mol. The van der Waals surface area contributed by atoms with E-state index in [2.05, 4.69) is 69.4 Å². The molecule has 1 unspecified atom stereocenters. The molecule has 0 fully saturated rings. The summed E-state index contributed by atoms with van der Waals surface area (Å²) in [5.41, 5.74) is 0. The first kappa shape index (κ1) is 69.1. The molecule has 0 N–H and O–H groups in total. The van der Waals surface area contributed by atoms with Gasteiger partial charge in [-0.15, -0.1) is 0 Å². The van der Waals surface area contributed by atoms with Gasteiger partial charge < -0.3 is 14.2 Å². The fourth-order valence-corrected chi connectivity index (χ4v) is 9.17. The fraction of sp³-hybridized carbons (Fsp3) is 0.803. The predicted molar refractivity (Wildman–Crippen MR) is 312 cm³/mol. The molecule has 6 heteroatoms. The second-order valence-corrected chi connectivity index (χ2v) is 21.0. The minimum absolute atomic E-state index is 0.0993. The third-order valence-electron chi connectivity index (χ3n) is 13.8. The van der Waals surface area contributed by atoms with Gasteiger partial charge in [0.2, 0.25) is 0 Å². The summed E-state index contributed by atoms with van der Waals surface area (Å²) < 4.78 is 16.8. The van der Waals surface area contributed by atoms with Crippen molar-refractivity contribution in [2.75, 3.05) is 13.2 Å². The molecule has 0 aliphatic rings. The Balaban J connectivity index is 4.38. The molecule has 6 nitrogen and oxygen atoms in total. The lowest BCUT2D eigenvalue weighted by Crippen LogP contribution is -2.30. The van der Waals surface area contributed by atoms with Gasteiger partial charge in [-0.25, -0.2) is 0 Å². The summed E-state index contributed by atoms with van der Waals surface area (Å²) >= 11 is 0. The highest BCUT2D eigenvalue weighted by atomic mass is 16.6. The summed E-state index contributed by atoms with van der Waals surface area (Å²) in [6, 6.07) is 0. The molecule has 0 amide bonds. The standard InChI is InChI=1S/C66H118O6/c1-4-7-10-13-16-19-22-25-28-30-32-33-34-36-38-41-44-47-50-53-56-59-65(68)71-62-63(61-70-64(67)58-55-52-49-46-43-40-37-27-24-21-18-15-12-9-6-3)72-66(69)60-57-54-51-48-45-42-39-35-31-29-26-23-20-17-14-11-8-5-2/h9,12,18,21,27,37,43,46,52,55,63H,4-8,10-11,13-17,19-20,22-26,28-36,38-42,44-45,47-51,53-54,56-62H2,1-3H3/b12-9-,21-18-,37-27-,46-43-,55-52-. The van der Waals surface area contributed by atoms with Crippen LogP contribution in [0.1, 0.15) is 323 Å². The molecule has 0 aliphatic carbocycles. The normalized spacial score (nSPS) is 12.4. The van der Waals surface area contributed by atoms with Crippen LogP contribution < -0.4 is 0 Å². The molecule has 0 saturated heterocycles. The number of ether oxygens (including phenoxy) is 3. The first-order chi connectivity index (χ1) is 35.5. The number of hydrogen-bond acceptors (Lipinski definition) is 6. The summed E-state index contributed by atoms with van der Waals surface area (Å²) in [6.45, 7) is 6.49. The third kappa shape index (κ3) is 58.0. The van der Waals surface area contributed by atoms with E-state index < -0.39 is 12.1 Å². The number of carbonyl (C=O) groups is 3. The topological polar surface area (TPSA) is 78.9 Å². The third-order valence-corrected chi connectivity index (χ3v) is 13.8. The van der Waals surface area contributed by atoms with Crippen molar-refractivity contribution >= 4 is 17.9 Å². The Kier molecular flexibility index (Phi) is 58.2. The minimum atomic E-state index is -0.811. The van der Waals surface area contributed by atoms with Gasteiger partial charge in [-0.1, -0.05) is 319 Å². The minimum Gasteiger partial charge on any atom is -0.462 e. The van der Waals surface area contributed by atoms with Crippen molar-refractivity contribution in [2.45, 2.75) is 329 Å². The molecule has 0 radical (unpaired) electrons. The van der Waals surface area contributed by atoms with E-state index in [0.717, 1.165) is 70.6 Å². The van der Waals surface area contributed by atoms with E-state index in [1.165, 1.54) is 212 Å². The molecule has 418 valence electrons. The van der Waals surface area contributed by atoms with E-state index in [1.807, 2.05) is 6.08 Å². The van der Waals surface area contributed by atoms with Crippen LogP contribution in [0.15, 0.2) is 60.8 Å². The SMILES string of the molecule is CC/C=C\C/C=C\C/C=C\C/C=C\C/C=C\CC(=O)OCC(COC(=O)CCCCCCCCCCCCCCCCCCCCCCC)OC(=O)CCCCCCCCCCCCCCCCCCCC. The van der Waals surface area contributed by atoms with Gasteiger partial charge in [-0.2, -0.15) is 0 Å². The molecule has 0 saturated carbocycles. The Morgan fingerprint density at radius 1 is 0.292 bits per heavy atom. The Hall–Kier alpha value is -2.89. The zero-order valence-electron chi connectivity index (χ0n) is 47.9. The highest BCUT2D eigenvalue weighted by Gasteiger charge is 2.19. The molecule has 1 atom stereocenters. The molecule has 0 aromatic carbocycles. The van der Waals surface area contributed by atoms with Gasteiger partial charge in [-0.3, -0.25) is 14.4 Å². The monoisotopic (exact) mass is 1010 g/mol. The van der Waals surface area contributed by atoms with Crippen molar-refractivity contribution in [1.82, 2.24) is 0 Å². The van der Waals surface area contributed by atoms with Crippen LogP contribution >= 0.6 is 0 Å². The van der Waals surface area contributed by atoms with E-state index >= 15 is 0 Å². The molecule has 0 rings (SSSR count). The molecule has 0 aromatic rings. The van der Waals surface area contributed by atoms with Crippen LogP contribution in [0.3, 0.4) is 0 Å². The van der Waals surface area contributed by atoms with Gasteiger partial charge in [-0.05, 0) is 44.9 Å². The van der Waals surface area contributed by atoms with E-state index in [-0.39, 0.29) is 31.6 Å². The predicted octanol–water partition coefficient (Wildman–Crippen LogP) is 21.2. The van der Waals surface area contributed by atoms with Gasteiger partial charge in [0.15, 0.2) is 6.10 Å². The first-order valence-electron chi connectivity index (χ1n) is 31.3. The number of allylic oxidation sites excluding steroid dienone is 9. The van der Waals surface area contributed by atoms with E-state index in [4.69, 9.17) is 14.2 Å².